The predicted molar refractivity (Wildman–Crippen MR) is 113 cm³/mol. The lowest BCUT2D eigenvalue weighted by Crippen LogP contribution is -2.55. The van der Waals surface area contributed by atoms with Gasteiger partial charge in [0, 0.05) is 17.9 Å². The van der Waals surface area contributed by atoms with E-state index in [1.807, 2.05) is 41.2 Å². The number of allylic oxidation sites excluding steroid dienone is 1. The Morgan fingerprint density at radius 3 is 2.78 bits per heavy atom. The molecule has 0 saturated heterocycles. The van der Waals surface area contributed by atoms with E-state index in [4.69, 9.17) is 0 Å². The molecule has 4 atom stereocenters. The molecule has 1 N–H and O–H groups in total. The Labute approximate surface area is 184 Å². The van der Waals surface area contributed by atoms with Crippen molar-refractivity contribution in [2.24, 2.45) is 17.3 Å². The van der Waals surface area contributed by atoms with Gasteiger partial charge in [0.15, 0.2) is 6.10 Å². The van der Waals surface area contributed by atoms with E-state index in [1.165, 1.54) is 10.5 Å². The highest BCUT2D eigenvalue weighted by molar-refractivity contribution is 5.82. The third-order valence-corrected chi connectivity index (χ3v) is 7.63. The molecular formula is C24H26F3N3O2. The maximum absolute atomic E-state index is 13.1. The van der Waals surface area contributed by atoms with Crippen LogP contribution in [0.25, 0.3) is 11.8 Å². The molecule has 1 spiro atoms. The number of carbonyl (C=O) groups is 1. The average Bonchev–Trinajstić information content (AvgIpc) is 3.28. The van der Waals surface area contributed by atoms with Crippen LogP contribution in [0.3, 0.4) is 0 Å². The van der Waals surface area contributed by atoms with Crippen molar-refractivity contribution in [1.82, 2.24) is 14.7 Å². The van der Waals surface area contributed by atoms with Crippen LogP contribution in [-0.4, -0.2) is 51.1 Å². The lowest BCUT2D eigenvalue weighted by atomic mass is 9.50. The highest BCUT2D eigenvalue weighted by Gasteiger charge is 2.62. The first-order valence-corrected chi connectivity index (χ1v) is 11.1. The van der Waals surface area contributed by atoms with Gasteiger partial charge in [-0.2, -0.15) is 18.3 Å². The quantitative estimate of drug-likeness (QED) is 0.757. The third kappa shape index (κ3) is 3.18. The summed E-state index contributed by atoms with van der Waals surface area (Å²) in [7, 11) is 0. The van der Waals surface area contributed by atoms with Gasteiger partial charge in [-0.1, -0.05) is 23.8 Å². The minimum absolute atomic E-state index is 0.0834. The topological polar surface area (TPSA) is 58.4 Å². The molecule has 3 aliphatic rings. The number of alkyl halides is 3. The SMILES string of the molecule is CCN(CC(O)C(F)(F)F)C(=O)[C@@H]1C[C@]23Cc4cnn(-c5ccccc5)c4C=C2CCC13. The minimum Gasteiger partial charge on any atom is -0.382 e. The number of nitrogens with zero attached hydrogens (tertiary/aromatic N) is 3. The first-order valence-electron chi connectivity index (χ1n) is 11.1. The summed E-state index contributed by atoms with van der Waals surface area (Å²) in [4.78, 5) is 14.2. The maximum Gasteiger partial charge on any atom is 0.416 e. The fourth-order valence-corrected chi connectivity index (χ4v) is 5.99. The third-order valence-electron chi connectivity index (χ3n) is 7.63. The number of likely N-dealkylation sites (N-methyl/N-ethyl adjacent to an activating group) is 1. The number of aliphatic hydroxyl groups excluding tert-OH is 1. The summed E-state index contributed by atoms with van der Waals surface area (Å²) in [5.41, 5.74) is 4.47. The van der Waals surface area contributed by atoms with E-state index >= 15 is 0 Å². The number of amides is 1. The summed E-state index contributed by atoms with van der Waals surface area (Å²) in [5, 5.41) is 14.0. The molecule has 32 heavy (non-hydrogen) atoms. The Morgan fingerprint density at radius 1 is 1.34 bits per heavy atom. The molecule has 1 aromatic heterocycles. The number of hydrogen-bond acceptors (Lipinski definition) is 3. The zero-order chi connectivity index (χ0) is 22.7. The summed E-state index contributed by atoms with van der Waals surface area (Å²) in [5.74, 6) is -0.419. The highest BCUT2D eigenvalue weighted by Crippen LogP contribution is 2.67. The number of carbonyl (C=O) groups excluding carboxylic acids is 1. The smallest absolute Gasteiger partial charge is 0.382 e. The molecule has 2 saturated carbocycles. The van der Waals surface area contributed by atoms with Gasteiger partial charge in [0.1, 0.15) is 0 Å². The van der Waals surface area contributed by atoms with Gasteiger partial charge in [0.2, 0.25) is 5.91 Å². The molecule has 8 heteroatoms. The molecule has 2 aromatic rings. The number of hydrogen-bond donors (Lipinski definition) is 1. The molecule has 3 aliphatic carbocycles. The second-order valence-electron chi connectivity index (χ2n) is 9.19. The number of para-hydroxylation sites is 1. The van der Waals surface area contributed by atoms with Crippen molar-refractivity contribution in [3.05, 3.63) is 53.4 Å². The van der Waals surface area contributed by atoms with Gasteiger partial charge in [0.25, 0.3) is 0 Å². The van der Waals surface area contributed by atoms with Crippen molar-refractivity contribution in [2.45, 2.75) is 44.9 Å². The number of rotatable bonds is 5. The van der Waals surface area contributed by atoms with Crippen molar-refractivity contribution in [3.63, 3.8) is 0 Å². The van der Waals surface area contributed by atoms with Crippen LogP contribution >= 0.6 is 0 Å². The Balaban J connectivity index is 1.35. The molecule has 2 unspecified atom stereocenters. The summed E-state index contributed by atoms with van der Waals surface area (Å²) in [6.45, 7) is 1.10. The Morgan fingerprint density at radius 2 is 2.09 bits per heavy atom. The maximum atomic E-state index is 13.1. The zero-order valence-corrected chi connectivity index (χ0v) is 17.8. The Bertz CT molecular complexity index is 1060. The van der Waals surface area contributed by atoms with Gasteiger partial charge in [-0.3, -0.25) is 4.79 Å². The minimum atomic E-state index is -4.73. The van der Waals surface area contributed by atoms with E-state index in [0.717, 1.165) is 36.2 Å². The molecule has 1 heterocycles. The average molecular weight is 445 g/mol. The first kappa shape index (κ1) is 21.2. The molecular weight excluding hydrogens is 419 g/mol. The van der Waals surface area contributed by atoms with Crippen molar-refractivity contribution in [1.29, 1.82) is 0 Å². The van der Waals surface area contributed by atoms with Crippen molar-refractivity contribution < 1.29 is 23.1 Å². The van der Waals surface area contributed by atoms with E-state index < -0.39 is 18.8 Å². The molecule has 1 amide bonds. The monoisotopic (exact) mass is 445 g/mol. The van der Waals surface area contributed by atoms with E-state index in [-0.39, 0.29) is 29.7 Å². The lowest BCUT2D eigenvalue weighted by Gasteiger charge is -2.53. The lowest BCUT2D eigenvalue weighted by molar-refractivity contribution is -0.209. The van der Waals surface area contributed by atoms with Gasteiger partial charge in [-0.25, -0.2) is 4.68 Å². The van der Waals surface area contributed by atoms with Gasteiger partial charge in [0.05, 0.1) is 24.1 Å². The number of aromatic nitrogens is 2. The van der Waals surface area contributed by atoms with Crippen LogP contribution in [0.2, 0.25) is 0 Å². The molecule has 5 rings (SSSR count). The van der Waals surface area contributed by atoms with Crippen LogP contribution in [0.1, 0.15) is 37.4 Å². The number of aliphatic hydroxyl groups is 1. The van der Waals surface area contributed by atoms with Gasteiger partial charge in [-0.05, 0) is 62.3 Å². The van der Waals surface area contributed by atoms with Gasteiger partial charge < -0.3 is 10.0 Å². The summed E-state index contributed by atoms with van der Waals surface area (Å²) < 4.78 is 40.4. The molecule has 0 radical (unpaired) electrons. The van der Waals surface area contributed by atoms with Gasteiger partial charge >= 0.3 is 6.18 Å². The second-order valence-corrected chi connectivity index (χ2v) is 9.19. The fraction of sp³-hybridized carbons (Fsp3) is 0.500. The number of fused-ring (bicyclic) bond motifs is 1. The molecule has 1 aromatic carbocycles. The molecule has 2 fully saturated rings. The van der Waals surface area contributed by atoms with Crippen LogP contribution in [-0.2, 0) is 11.2 Å². The Kier molecular flexibility index (Phi) is 4.96. The summed E-state index contributed by atoms with van der Waals surface area (Å²) in [6.07, 6.45) is 0.0912. The van der Waals surface area contributed by atoms with Crippen molar-refractivity contribution >= 4 is 12.0 Å². The second kappa shape index (κ2) is 7.47. The summed E-state index contributed by atoms with van der Waals surface area (Å²) >= 11 is 0. The summed E-state index contributed by atoms with van der Waals surface area (Å²) in [6, 6.07) is 9.95. The fourth-order valence-electron chi connectivity index (χ4n) is 5.99. The zero-order valence-electron chi connectivity index (χ0n) is 17.8. The van der Waals surface area contributed by atoms with Crippen LogP contribution in [0, 0.1) is 17.3 Å². The van der Waals surface area contributed by atoms with E-state index in [2.05, 4.69) is 11.2 Å². The molecule has 0 bridgehead atoms. The molecule has 170 valence electrons. The van der Waals surface area contributed by atoms with E-state index in [1.54, 1.807) is 6.92 Å². The van der Waals surface area contributed by atoms with Gasteiger partial charge in [-0.15, -0.1) is 0 Å². The Hall–Kier alpha value is -2.61. The molecule has 5 nitrogen and oxygen atoms in total. The number of halogens is 3. The standard InChI is InChI=1S/C24H26F3N3O2/c1-2-29(14-21(31)24(25,26)27)22(32)18-12-23-11-15-13-28-30(17-6-4-3-5-7-17)20(15)10-16(23)8-9-19(18)23/h3-7,10,13,18-19,21,31H,2,8-9,11-12,14H2,1H3/t18-,19?,21?,23-/m1/s1. The predicted octanol–water partition coefficient (Wildman–Crippen LogP) is 4.00. The van der Waals surface area contributed by atoms with Crippen LogP contribution in [0.5, 0.6) is 0 Å². The normalized spacial score (nSPS) is 27.0. The van der Waals surface area contributed by atoms with Crippen LogP contribution in [0.15, 0.2) is 42.1 Å². The largest absolute Gasteiger partial charge is 0.416 e. The highest BCUT2D eigenvalue weighted by atomic mass is 19.4. The van der Waals surface area contributed by atoms with Crippen LogP contribution in [0.4, 0.5) is 13.2 Å². The van der Waals surface area contributed by atoms with Crippen LogP contribution < -0.4 is 0 Å². The van der Waals surface area contributed by atoms with Crippen molar-refractivity contribution in [2.75, 3.05) is 13.1 Å². The molecule has 0 aliphatic heterocycles. The number of benzene rings is 1. The van der Waals surface area contributed by atoms with E-state index in [0.29, 0.717) is 6.42 Å². The van der Waals surface area contributed by atoms with Crippen molar-refractivity contribution in [3.8, 4) is 5.69 Å². The van der Waals surface area contributed by atoms with E-state index in [9.17, 15) is 23.1 Å². The first-order chi connectivity index (χ1) is 15.2.